The van der Waals surface area contributed by atoms with E-state index in [1.54, 1.807) is 6.20 Å². The summed E-state index contributed by atoms with van der Waals surface area (Å²) in [5.41, 5.74) is 0.695. The molecule has 0 fully saturated rings. The van der Waals surface area contributed by atoms with Crippen molar-refractivity contribution in [2.24, 2.45) is 0 Å². The number of ether oxygens (including phenoxy) is 1. The fraction of sp³-hybridized carbons (Fsp3) is 0.250. The molecule has 2 heterocycles. The molecule has 2 rings (SSSR count). The number of amides is 1. The number of aromatic nitrogens is 4. The lowest BCUT2D eigenvalue weighted by Crippen LogP contribution is -2.21. The Labute approximate surface area is 126 Å². The summed E-state index contributed by atoms with van der Waals surface area (Å²) in [5, 5.41) is 10.8. The summed E-state index contributed by atoms with van der Waals surface area (Å²) in [6, 6.07) is 0. The van der Waals surface area contributed by atoms with E-state index in [0.717, 1.165) is 11.3 Å². The summed E-state index contributed by atoms with van der Waals surface area (Å²) in [6.07, 6.45) is 2.32. The molecule has 2 aromatic rings. The highest BCUT2D eigenvalue weighted by Crippen LogP contribution is 2.27. The Kier molecular flexibility index (Phi) is 4.46. The predicted octanol–water partition coefficient (Wildman–Crippen LogP) is 2.85. The lowest BCUT2D eigenvalue weighted by molar-refractivity contribution is 0.164. The smallest absolute Gasteiger partial charge is 0.413 e. The molecule has 0 aliphatic carbocycles. The van der Waals surface area contributed by atoms with Crippen LogP contribution in [0.25, 0.3) is 10.7 Å². The average molecular weight is 343 g/mol. The number of hydrogen-bond acceptors (Lipinski definition) is 6. The number of carbonyl (C=O) groups excluding carboxylic acids is 1. The first kappa shape index (κ1) is 14.3. The van der Waals surface area contributed by atoms with Gasteiger partial charge in [-0.1, -0.05) is 46.1 Å². The van der Waals surface area contributed by atoms with Gasteiger partial charge in [0.15, 0.2) is 5.01 Å². The molecule has 0 bridgehead atoms. The first-order valence-electron chi connectivity index (χ1n) is 4.77. The third-order valence-corrected chi connectivity index (χ3v) is 2.93. The average Bonchev–Trinajstić information content (AvgIpc) is 2.94. The Morgan fingerprint density at radius 3 is 2.89 bits per heavy atom. The van der Waals surface area contributed by atoms with E-state index in [1.165, 1.54) is 6.33 Å². The number of nitrogens with one attached hydrogen (secondary N) is 2. The molecule has 2 N–H and O–H groups in total. The third kappa shape index (κ3) is 4.50. The number of alkyl halides is 3. The fourth-order valence-electron chi connectivity index (χ4n) is 1.03. The monoisotopic (exact) mass is 341 g/mol. The first-order valence-corrected chi connectivity index (χ1v) is 6.72. The highest BCUT2D eigenvalue weighted by Gasteiger charge is 2.22. The van der Waals surface area contributed by atoms with Gasteiger partial charge in [0, 0.05) is 0 Å². The van der Waals surface area contributed by atoms with Gasteiger partial charge in [-0.15, -0.1) is 10.2 Å². The summed E-state index contributed by atoms with van der Waals surface area (Å²) >= 11 is 17.5. The minimum atomic E-state index is -1.65. The minimum Gasteiger partial charge on any atom is -0.445 e. The maximum absolute atomic E-state index is 11.4. The summed E-state index contributed by atoms with van der Waals surface area (Å²) in [6.45, 7) is -0.365. The van der Waals surface area contributed by atoms with E-state index >= 15 is 0 Å². The van der Waals surface area contributed by atoms with Gasteiger partial charge in [0.05, 0.1) is 18.2 Å². The van der Waals surface area contributed by atoms with E-state index in [1.807, 2.05) is 0 Å². The van der Waals surface area contributed by atoms with Crippen molar-refractivity contribution in [1.29, 1.82) is 0 Å². The molecular formula is C8H6Cl3N5O2S. The molecule has 19 heavy (non-hydrogen) atoms. The first-order chi connectivity index (χ1) is 8.94. The van der Waals surface area contributed by atoms with E-state index < -0.39 is 9.89 Å². The standard InChI is InChI=1S/C8H6Cl3N5O2S/c9-8(10,11)2-18-7(17)14-6-16-15-5(19-6)4-1-12-3-13-4/h1,3H,2H2,(H,12,13)(H,14,16,17). The van der Waals surface area contributed by atoms with Gasteiger partial charge in [-0.3, -0.25) is 5.32 Å². The van der Waals surface area contributed by atoms with Crippen LogP contribution in [0.2, 0.25) is 0 Å². The van der Waals surface area contributed by atoms with E-state index in [2.05, 4.69) is 30.2 Å². The number of carbonyl (C=O) groups is 1. The predicted molar refractivity (Wildman–Crippen MR) is 72.8 cm³/mol. The number of aromatic amines is 1. The Hall–Kier alpha value is -1.09. The van der Waals surface area contributed by atoms with Gasteiger partial charge in [0.25, 0.3) is 0 Å². The van der Waals surface area contributed by atoms with Crippen LogP contribution in [-0.2, 0) is 4.74 Å². The van der Waals surface area contributed by atoms with Crippen LogP contribution >= 0.6 is 46.1 Å². The molecule has 0 atom stereocenters. The molecule has 7 nitrogen and oxygen atoms in total. The van der Waals surface area contributed by atoms with Crippen molar-refractivity contribution in [1.82, 2.24) is 20.2 Å². The highest BCUT2D eigenvalue weighted by molar-refractivity contribution is 7.18. The number of rotatable bonds is 3. The summed E-state index contributed by atoms with van der Waals surface area (Å²) in [4.78, 5) is 18.1. The molecule has 0 spiro atoms. The van der Waals surface area contributed by atoms with Crippen molar-refractivity contribution in [3.63, 3.8) is 0 Å². The molecule has 0 saturated carbocycles. The van der Waals surface area contributed by atoms with Gasteiger partial charge in [0.1, 0.15) is 6.61 Å². The van der Waals surface area contributed by atoms with Crippen LogP contribution in [0.5, 0.6) is 0 Å². The Balaban J connectivity index is 1.91. The zero-order valence-electron chi connectivity index (χ0n) is 9.06. The minimum absolute atomic E-state index is 0.263. The van der Waals surface area contributed by atoms with E-state index in [9.17, 15) is 4.79 Å². The Morgan fingerprint density at radius 1 is 1.47 bits per heavy atom. The van der Waals surface area contributed by atoms with Gasteiger partial charge >= 0.3 is 6.09 Å². The maximum atomic E-state index is 11.4. The van der Waals surface area contributed by atoms with Gasteiger partial charge in [-0.25, -0.2) is 9.78 Å². The molecule has 0 aromatic carbocycles. The molecule has 0 unspecified atom stereocenters. The fourth-order valence-corrected chi connectivity index (χ4v) is 1.89. The molecular weight excluding hydrogens is 337 g/mol. The van der Waals surface area contributed by atoms with E-state index in [-0.39, 0.29) is 11.7 Å². The highest BCUT2D eigenvalue weighted by atomic mass is 35.6. The zero-order valence-corrected chi connectivity index (χ0v) is 12.1. The number of hydrogen-bond donors (Lipinski definition) is 2. The summed E-state index contributed by atoms with van der Waals surface area (Å²) < 4.78 is 3.03. The second-order valence-corrected chi connectivity index (χ2v) is 6.69. The van der Waals surface area contributed by atoms with Crippen LogP contribution in [-0.4, -0.2) is 36.7 Å². The number of anilines is 1. The normalized spacial score (nSPS) is 11.3. The van der Waals surface area contributed by atoms with Crippen molar-refractivity contribution >= 4 is 57.4 Å². The molecule has 102 valence electrons. The summed E-state index contributed by atoms with van der Waals surface area (Å²) in [7, 11) is 0. The van der Waals surface area contributed by atoms with Gasteiger partial charge in [-0.05, 0) is 0 Å². The van der Waals surface area contributed by atoms with Gasteiger partial charge < -0.3 is 9.72 Å². The third-order valence-electron chi connectivity index (χ3n) is 1.73. The molecule has 0 aliphatic heterocycles. The van der Waals surface area contributed by atoms with Crippen LogP contribution in [0.3, 0.4) is 0 Å². The topological polar surface area (TPSA) is 92.8 Å². The lowest BCUT2D eigenvalue weighted by Gasteiger charge is -2.10. The van der Waals surface area contributed by atoms with Crippen LogP contribution < -0.4 is 5.32 Å². The number of halogens is 3. The Morgan fingerprint density at radius 2 is 2.26 bits per heavy atom. The molecule has 11 heteroatoms. The zero-order chi connectivity index (χ0) is 13.9. The number of nitrogens with zero attached hydrogens (tertiary/aromatic N) is 3. The quantitative estimate of drug-likeness (QED) is 0.837. The van der Waals surface area contributed by atoms with Crippen molar-refractivity contribution in [2.45, 2.75) is 3.79 Å². The van der Waals surface area contributed by atoms with Crippen LogP contribution in [0, 0.1) is 0 Å². The molecule has 0 radical (unpaired) electrons. The van der Waals surface area contributed by atoms with E-state index in [4.69, 9.17) is 34.8 Å². The largest absolute Gasteiger partial charge is 0.445 e. The molecule has 1 amide bonds. The van der Waals surface area contributed by atoms with Crippen LogP contribution in [0.1, 0.15) is 0 Å². The van der Waals surface area contributed by atoms with Crippen molar-refractivity contribution in [2.75, 3.05) is 11.9 Å². The SMILES string of the molecule is O=C(Nc1nnc(-c2cnc[nH]2)s1)OCC(Cl)(Cl)Cl. The van der Waals surface area contributed by atoms with E-state index in [0.29, 0.717) is 10.7 Å². The summed E-state index contributed by atoms with van der Waals surface area (Å²) in [5.74, 6) is 0. The number of imidazole rings is 1. The Bertz CT molecular complexity index is 553. The second-order valence-electron chi connectivity index (χ2n) is 3.19. The van der Waals surface area contributed by atoms with Crippen LogP contribution in [0.4, 0.5) is 9.93 Å². The van der Waals surface area contributed by atoms with Crippen molar-refractivity contribution in [3.05, 3.63) is 12.5 Å². The van der Waals surface area contributed by atoms with Crippen LogP contribution in [0.15, 0.2) is 12.5 Å². The van der Waals surface area contributed by atoms with Crippen molar-refractivity contribution in [3.8, 4) is 10.7 Å². The second kappa shape index (κ2) is 5.91. The molecule has 0 saturated heterocycles. The van der Waals surface area contributed by atoms with Crippen molar-refractivity contribution < 1.29 is 9.53 Å². The lowest BCUT2D eigenvalue weighted by atomic mass is 10.5. The molecule has 0 aliphatic rings. The number of H-pyrrole nitrogens is 1. The molecule has 2 aromatic heterocycles. The maximum Gasteiger partial charge on any atom is 0.413 e. The van der Waals surface area contributed by atoms with Gasteiger partial charge in [-0.2, -0.15) is 0 Å². The van der Waals surface area contributed by atoms with Gasteiger partial charge in [0.2, 0.25) is 8.92 Å².